The smallest absolute Gasteiger partial charge is 0.159 e. The summed E-state index contributed by atoms with van der Waals surface area (Å²) in [6, 6.07) is 3.33. The number of hydrogen-bond acceptors (Lipinski definition) is 6. The Kier molecular flexibility index (Phi) is 5.46. The molecule has 0 saturated heterocycles. The number of rotatable bonds is 9. The lowest BCUT2D eigenvalue weighted by Gasteiger charge is -2.15. The van der Waals surface area contributed by atoms with Crippen molar-refractivity contribution in [2.75, 3.05) is 32.5 Å². The van der Waals surface area contributed by atoms with Crippen molar-refractivity contribution in [3.63, 3.8) is 0 Å². The number of nitriles is 1. The molecule has 1 N–H and O–H groups in total. The first kappa shape index (κ1) is 16.8. The number of fused-ring (bicyclic) bond motifs is 1. The number of carbonyl (C=O) groups excluding carboxylic acids is 1. The van der Waals surface area contributed by atoms with E-state index in [1.165, 1.54) is 38.3 Å². The van der Waals surface area contributed by atoms with Crippen LogP contribution in [0.3, 0.4) is 0 Å². The van der Waals surface area contributed by atoms with Crippen molar-refractivity contribution in [2.45, 2.75) is 20.3 Å². The predicted molar refractivity (Wildman–Crippen MR) is 128 cm³/mol. The van der Waals surface area contributed by atoms with Gasteiger partial charge in [-0.05, 0) is 63.8 Å². The predicted octanol–water partition coefficient (Wildman–Crippen LogP) is 4.93. The lowest BCUT2D eigenvalue weighted by molar-refractivity contribution is -0.114. The highest BCUT2D eigenvalue weighted by atomic mass is 19.1. The molecule has 0 saturated carbocycles. The van der Waals surface area contributed by atoms with Crippen molar-refractivity contribution in [2.24, 2.45) is 0 Å². The van der Waals surface area contributed by atoms with E-state index in [4.69, 9.17) is 13.0 Å². The summed E-state index contributed by atoms with van der Waals surface area (Å²) in [5.74, 6) is -1.38. The third-order valence-electron chi connectivity index (χ3n) is 4.61. The Morgan fingerprint density at radius 2 is 2.24 bits per heavy atom. The SMILES string of the molecule is [2H]/C(=C\C(=O)Cc1cc2c(Nc3c([2H])c([2H])c(F)c(C)c3[2H])c(C#N)cnc2cc1OC([2H])([2H])C)CN(C)C. The van der Waals surface area contributed by atoms with E-state index in [1.54, 1.807) is 19.0 Å². The molecule has 2 aromatic carbocycles. The molecule has 170 valence electrons. The summed E-state index contributed by atoms with van der Waals surface area (Å²) in [4.78, 5) is 18.8. The highest BCUT2D eigenvalue weighted by Gasteiger charge is 2.16. The van der Waals surface area contributed by atoms with E-state index in [1.807, 2.05) is 6.07 Å². The Labute approximate surface area is 201 Å². The second-order valence-electron chi connectivity index (χ2n) is 7.49. The number of aromatic nitrogens is 1. The third kappa shape index (κ3) is 5.93. The summed E-state index contributed by atoms with van der Waals surface area (Å²) in [6.45, 7) is 0.652. The molecule has 7 heteroatoms. The molecule has 0 radical (unpaired) electrons. The van der Waals surface area contributed by atoms with Crippen molar-refractivity contribution in [1.29, 1.82) is 5.26 Å². The number of halogens is 1. The molecule has 3 rings (SSSR count). The van der Waals surface area contributed by atoms with E-state index < -0.39 is 30.2 Å². The molecule has 0 aliphatic carbocycles. The minimum atomic E-state index is -2.10. The number of allylic oxidation sites excluding steroid dienone is 1. The Morgan fingerprint density at radius 1 is 1.45 bits per heavy atom. The van der Waals surface area contributed by atoms with Gasteiger partial charge in [-0.1, -0.05) is 6.05 Å². The highest BCUT2D eigenvalue weighted by molar-refractivity contribution is 5.98. The van der Waals surface area contributed by atoms with Crippen molar-refractivity contribution in [3.8, 4) is 11.8 Å². The summed E-state index contributed by atoms with van der Waals surface area (Å²) in [6.07, 6.45) is 2.15. The summed E-state index contributed by atoms with van der Waals surface area (Å²) in [7, 11) is 3.52. The topological polar surface area (TPSA) is 78.2 Å². The molecular formula is C26H27FN4O2. The lowest BCUT2D eigenvalue weighted by Crippen LogP contribution is -2.11. The first-order valence-electron chi connectivity index (χ1n) is 13.0. The normalized spacial score (nSPS) is 14.5. The maximum Gasteiger partial charge on any atom is 0.159 e. The van der Waals surface area contributed by atoms with E-state index in [0.717, 1.165) is 0 Å². The second kappa shape index (κ2) is 10.7. The molecule has 1 heterocycles. The average molecular weight is 453 g/mol. The summed E-state index contributed by atoms with van der Waals surface area (Å²) in [5, 5.41) is 12.9. The Balaban J connectivity index is 2.23. The molecule has 0 unspecified atom stereocenters. The molecule has 0 aliphatic heterocycles. The van der Waals surface area contributed by atoms with Gasteiger partial charge in [0.25, 0.3) is 0 Å². The Bertz CT molecular complexity index is 1500. The van der Waals surface area contributed by atoms with Crippen LogP contribution in [0, 0.1) is 24.1 Å². The van der Waals surface area contributed by atoms with Crippen LogP contribution in [-0.2, 0) is 11.2 Å². The molecule has 0 bridgehead atoms. The van der Waals surface area contributed by atoms with Gasteiger partial charge in [0, 0.05) is 41.9 Å². The number of carbonyl (C=O) groups is 1. The van der Waals surface area contributed by atoms with Gasteiger partial charge in [-0.15, -0.1) is 0 Å². The highest BCUT2D eigenvalue weighted by Crippen LogP contribution is 2.34. The third-order valence-corrected chi connectivity index (χ3v) is 4.61. The number of anilines is 2. The number of nitrogens with zero attached hydrogens (tertiary/aromatic N) is 3. The lowest BCUT2D eigenvalue weighted by atomic mass is 10.0. The van der Waals surface area contributed by atoms with E-state index in [2.05, 4.69) is 10.3 Å². The Hall–Kier alpha value is -3.76. The minimum Gasteiger partial charge on any atom is -0.494 e. The van der Waals surface area contributed by atoms with Crippen molar-refractivity contribution >= 4 is 28.1 Å². The van der Waals surface area contributed by atoms with Gasteiger partial charge in [0.1, 0.15) is 17.6 Å². The number of ether oxygens (including phenoxy) is 1. The van der Waals surface area contributed by atoms with Crippen LogP contribution in [0.1, 0.15) is 31.8 Å². The second-order valence-corrected chi connectivity index (χ2v) is 7.49. The molecule has 6 nitrogen and oxygen atoms in total. The molecule has 0 amide bonds. The molecule has 0 spiro atoms. The van der Waals surface area contributed by atoms with Crippen LogP contribution in [0.2, 0.25) is 0 Å². The molecule has 0 atom stereocenters. The zero-order chi connectivity index (χ0) is 29.2. The molecular weight excluding hydrogens is 419 g/mol. The Morgan fingerprint density at radius 3 is 2.94 bits per heavy atom. The molecule has 0 fully saturated rings. The van der Waals surface area contributed by atoms with E-state index in [-0.39, 0.29) is 69.8 Å². The van der Waals surface area contributed by atoms with Gasteiger partial charge in [0.2, 0.25) is 0 Å². The fourth-order valence-corrected chi connectivity index (χ4v) is 3.08. The number of likely N-dealkylation sites (N-methyl/N-ethyl adjacent to an activating group) is 1. The molecule has 3 aromatic rings. The molecule has 0 aliphatic rings. The largest absolute Gasteiger partial charge is 0.494 e. The van der Waals surface area contributed by atoms with Gasteiger partial charge in [-0.25, -0.2) is 4.39 Å². The monoisotopic (exact) mass is 452 g/mol. The van der Waals surface area contributed by atoms with Crippen molar-refractivity contribution < 1.29 is 22.1 Å². The van der Waals surface area contributed by atoms with Gasteiger partial charge < -0.3 is 15.0 Å². The van der Waals surface area contributed by atoms with Crippen LogP contribution >= 0.6 is 0 Å². The van der Waals surface area contributed by atoms with E-state index >= 15 is 0 Å². The summed E-state index contributed by atoms with van der Waals surface area (Å²) < 4.78 is 67.8. The van der Waals surface area contributed by atoms with Crippen LogP contribution < -0.4 is 10.1 Å². The number of ketones is 1. The van der Waals surface area contributed by atoms with Gasteiger partial charge in [-0.3, -0.25) is 9.78 Å². The van der Waals surface area contributed by atoms with E-state index in [9.17, 15) is 14.4 Å². The first-order valence-corrected chi connectivity index (χ1v) is 10.0. The average Bonchev–Trinajstić information content (AvgIpc) is 2.83. The fraction of sp³-hybridized carbons (Fsp3) is 0.269. The van der Waals surface area contributed by atoms with E-state index in [0.29, 0.717) is 0 Å². The van der Waals surface area contributed by atoms with Crippen LogP contribution in [-0.4, -0.2) is 42.9 Å². The van der Waals surface area contributed by atoms with Gasteiger partial charge >= 0.3 is 0 Å². The minimum absolute atomic E-state index is 0.0194. The zero-order valence-electron chi connectivity index (χ0n) is 24.8. The molecule has 1 aromatic heterocycles. The van der Waals surface area contributed by atoms with Gasteiger partial charge in [0.05, 0.1) is 31.6 Å². The first-order chi connectivity index (χ1) is 18.1. The maximum atomic E-state index is 14.3. The number of benzene rings is 2. The standard InChI is InChI=1S/C26H27FN4O2/c1-5-33-25-14-24-22(13-18(25)12-21(32)7-6-10-31(3)4)26(19(15-28)16-29-24)30-20-8-9-23(27)17(2)11-20/h6-9,11,13-14,16H,5,10,12H2,1-4H3,(H,29,30)/b7-6+/i5D2,6D,8D,9D,11D. The maximum absolute atomic E-state index is 14.3. The van der Waals surface area contributed by atoms with Crippen LogP contribution in [0.4, 0.5) is 15.8 Å². The summed E-state index contributed by atoms with van der Waals surface area (Å²) in [5.41, 5.74) is 0.305. The van der Waals surface area contributed by atoms with Crippen LogP contribution in [0.5, 0.6) is 5.75 Å². The number of pyridine rings is 1. The van der Waals surface area contributed by atoms with Crippen LogP contribution in [0.15, 0.2) is 48.6 Å². The van der Waals surface area contributed by atoms with Gasteiger partial charge in [0.15, 0.2) is 5.78 Å². The van der Waals surface area contributed by atoms with Crippen molar-refractivity contribution in [3.05, 3.63) is 71.1 Å². The van der Waals surface area contributed by atoms with Gasteiger partial charge in [-0.2, -0.15) is 5.26 Å². The zero-order valence-corrected chi connectivity index (χ0v) is 18.8. The van der Waals surface area contributed by atoms with Crippen LogP contribution in [0.25, 0.3) is 10.9 Å². The van der Waals surface area contributed by atoms with Crippen molar-refractivity contribution in [1.82, 2.24) is 9.88 Å². The number of nitrogens with one attached hydrogen (secondary N) is 1. The quantitative estimate of drug-likeness (QED) is 0.464. The molecule has 33 heavy (non-hydrogen) atoms. The summed E-state index contributed by atoms with van der Waals surface area (Å²) >= 11 is 0. The fourth-order valence-electron chi connectivity index (χ4n) is 3.08. The number of hydrogen-bond donors (Lipinski definition) is 1.